The minimum atomic E-state index is -1.52. The molecule has 0 aromatic rings. The van der Waals surface area contributed by atoms with E-state index in [0.717, 1.165) is 0 Å². The fraction of sp³-hybridized carbons (Fsp3) is 0.750. The average molecular weight is 294 g/mol. The van der Waals surface area contributed by atoms with E-state index in [1.54, 1.807) is 0 Å². The molecule has 94 valence electrons. The van der Waals surface area contributed by atoms with Crippen molar-refractivity contribution in [3.63, 3.8) is 0 Å². The molecule has 0 aliphatic carbocycles. The molecule has 0 saturated heterocycles. The van der Waals surface area contributed by atoms with Crippen molar-refractivity contribution in [3.05, 3.63) is 0 Å². The number of hydrogen-bond acceptors (Lipinski definition) is 4. The number of rotatable bonds is 6. The maximum Gasteiger partial charge on any atom is 0.334 e. The summed E-state index contributed by atoms with van der Waals surface area (Å²) in [5, 5.41) is 17.5. The van der Waals surface area contributed by atoms with E-state index < -0.39 is 21.8 Å². The largest absolute Gasteiger partial charge is 0.481 e. The van der Waals surface area contributed by atoms with E-state index in [2.05, 4.69) is 4.74 Å². The first-order chi connectivity index (χ1) is 7.22. The lowest BCUT2D eigenvalue weighted by molar-refractivity contribution is -0.154. The molecule has 1 atom stereocenters. The van der Waals surface area contributed by atoms with Crippen molar-refractivity contribution < 1.29 is 24.5 Å². The molecule has 2 N–H and O–H groups in total. The van der Waals surface area contributed by atoms with Crippen molar-refractivity contribution in [2.75, 3.05) is 6.61 Å². The number of alkyl halides is 3. The highest BCUT2D eigenvalue weighted by atomic mass is 35.6. The molecule has 0 rings (SSSR count). The van der Waals surface area contributed by atoms with Crippen LogP contribution < -0.4 is 0 Å². The van der Waals surface area contributed by atoms with Gasteiger partial charge in [-0.05, 0) is 6.42 Å². The van der Waals surface area contributed by atoms with Crippen molar-refractivity contribution in [2.45, 2.75) is 29.2 Å². The molecule has 0 radical (unpaired) electrons. The van der Waals surface area contributed by atoms with Gasteiger partial charge in [0.2, 0.25) is 0 Å². The lowest BCUT2D eigenvalue weighted by Gasteiger charge is -2.12. The number of carboxylic acid groups (broad SMARTS) is 1. The molecule has 16 heavy (non-hydrogen) atoms. The second kappa shape index (κ2) is 7.17. The molecule has 0 bridgehead atoms. The molecular formula is C8H11Cl3O5. The lowest BCUT2D eigenvalue weighted by atomic mass is 10.2. The first kappa shape index (κ1) is 15.8. The molecule has 0 aliphatic heterocycles. The molecule has 0 fully saturated rings. The van der Waals surface area contributed by atoms with Gasteiger partial charge in [0.1, 0.15) is 0 Å². The second-order valence-electron chi connectivity index (χ2n) is 2.98. The predicted molar refractivity (Wildman–Crippen MR) is 58.7 cm³/mol. The molecule has 0 aromatic carbocycles. The van der Waals surface area contributed by atoms with E-state index in [1.807, 2.05) is 0 Å². The number of ether oxygens (including phenoxy) is 1. The molecule has 1 unspecified atom stereocenters. The Kier molecular flexibility index (Phi) is 7.06. The number of aliphatic carboxylic acids is 1. The molecular weight excluding hydrogens is 282 g/mol. The van der Waals surface area contributed by atoms with Crippen molar-refractivity contribution in [3.8, 4) is 0 Å². The van der Waals surface area contributed by atoms with Gasteiger partial charge in [0.25, 0.3) is 0 Å². The van der Waals surface area contributed by atoms with Crippen LogP contribution in [0.2, 0.25) is 0 Å². The number of carbonyl (C=O) groups is 2. The summed E-state index contributed by atoms with van der Waals surface area (Å²) in [6.07, 6.45) is -2.00. The van der Waals surface area contributed by atoms with Gasteiger partial charge in [-0.15, -0.1) is 0 Å². The third-order valence-electron chi connectivity index (χ3n) is 1.53. The van der Waals surface area contributed by atoms with Gasteiger partial charge in [0.15, 0.2) is 9.90 Å². The van der Waals surface area contributed by atoms with Crippen LogP contribution >= 0.6 is 34.8 Å². The zero-order valence-electron chi connectivity index (χ0n) is 8.16. The van der Waals surface area contributed by atoms with E-state index in [9.17, 15) is 9.59 Å². The quantitative estimate of drug-likeness (QED) is 0.573. The number of carboxylic acids is 1. The third kappa shape index (κ3) is 9.03. The monoisotopic (exact) mass is 292 g/mol. The topological polar surface area (TPSA) is 83.8 Å². The molecule has 0 aliphatic rings. The molecule has 5 nitrogen and oxygen atoms in total. The second-order valence-corrected chi connectivity index (χ2v) is 5.50. The number of aliphatic hydroxyl groups is 1. The Balaban J connectivity index is 3.75. The summed E-state index contributed by atoms with van der Waals surface area (Å²) in [5.74, 6) is -2.02. The van der Waals surface area contributed by atoms with Gasteiger partial charge in [-0.2, -0.15) is 0 Å². The van der Waals surface area contributed by atoms with Gasteiger partial charge in [-0.25, -0.2) is 4.79 Å². The summed E-state index contributed by atoms with van der Waals surface area (Å²) >= 11 is 16.2. The van der Waals surface area contributed by atoms with E-state index in [4.69, 9.17) is 45.0 Å². The third-order valence-corrected chi connectivity index (χ3v) is 2.10. The molecule has 0 aromatic heterocycles. The first-order valence-electron chi connectivity index (χ1n) is 4.35. The maximum absolute atomic E-state index is 11.0. The maximum atomic E-state index is 11.0. The minimum Gasteiger partial charge on any atom is -0.481 e. The van der Waals surface area contributed by atoms with Crippen LogP contribution in [0.4, 0.5) is 0 Å². The number of aliphatic hydroxyl groups excluding tert-OH is 1. The summed E-state index contributed by atoms with van der Waals surface area (Å²) in [6, 6.07) is 0. The zero-order valence-corrected chi connectivity index (χ0v) is 10.4. The van der Waals surface area contributed by atoms with Crippen LogP contribution in [-0.2, 0) is 14.3 Å². The van der Waals surface area contributed by atoms with Gasteiger partial charge < -0.3 is 14.9 Å². The highest BCUT2D eigenvalue weighted by Crippen LogP contribution is 2.29. The Morgan fingerprint density at radius 1 is 1.31 bits per heavy atom. The summed E-state index contributed by atoms with van der Waals surface area (Å²) in [5.41, 5.74) is 0. The zero-order chi connectivity index (χ0) is 12.8. The number of hydrogen-bond donors (Lipinski definition) is 2. The van der Waals surface area contributed by atoms with E-state index in [0.29, 0.717) is 0 Å². The fourth-order valence-electron chi connectivity index (χ4n) is 0.742. The van der Waals surface area contributed by atoms with Crippen molar-refractivity contribution >= 4 is 46.7 Å². The SMILES string of the molecule is O=C(O)CCC(O)C(=O)OCCC(Cl)(Cl)Cl. The minimum absolute atomic E-state index is 0.00490. The number of carbonyl (C=O) groups excluding carboxylic acids is 1. The lowest BCUT2D eigenvalue weighted by Crippen LogP contribution is -2.25. The predicted octanol–water partition coefficient (Wildman–Crippen LogP) is 1.52. The summed E-state index contributed by atoms with van der Waals surface area (Å²) in [6.45, 7) is -0.153. The van der Waals surface area contributed by atoms with Crippen molar-refractivity contribution in [2.24, 2.45) is 0 Å². The van der Waals surface area contributed by atoms with Gasteiger partial charge in [-0.3, -0.25) is 4.79 Å². The van der Waals surface area contributed by atoms with Crippen LogP contribution in [0.5, 0.6) is 0 Å². The van der Waals surface area contributed by atoms with Crippen LogP contribution in [0, 0.1) is 0 Å². The molecule has 8 heteroatoms. The van der Waals surface area contributed by atoms with Crippen LogP contribution in [0.1, 0.15) is 19.3 Å². The van der Waals surface area contributed by atoms with Gasteiger partial charge in [-0.1, -0.05) is 34.8 Å². The van der Waals surface area contributed by atoms with Crippen LogP contribution in [0.25, 0.3) is 0 Å². The Morgan fingerprint density at radius 2 is 1.88 bits per heavy atom. The van der Waals surface area contributed by atoms with Crippen LogP contribution in [0.3, 0.4) is 0 Å². The Morgan fingerprint density at radius 3 is 2.31 bits per heavy atom. The first-order valence-corrected chi connectivity index (χ1v) is 5.49. The van der Waals surface area contributed by atoms with E-state index >= 15 is 0 Å². The normalized spacial score (nSPS) is 13.2. The van der Waals surface area contributed by atoms with E-state index in [1.165, 1.54) is 0 Å². The Bertz CT molecular complexity index is 251. The van der Waals surface area contributed by atoms with Crippen LogP contribution in [0.15, 0.2) is 0 Å². The molecule has 0 amide bonds. The molecule has 0 saturated carbocycles. The summed E-state index contributed by atoms with van der Waals surface area (Å²) in [4.78, 5) is 21.2. The fourth-order valence-corrected chi connectivity index (χ4v) is 0.973. The number of esters is 1. The van der Waals surface area contributed by atoms with Crippen molar-refractivity contribution in [1.82, 2.24) is 0 Å². The summed E-state index contributed by atoms with van der Waals surface area (Å²) in [7, 11) is 0. The Labute approximate surface area is 107 Å². The smallest absolute Gasteiger partial charge is 0.334 e. The van der Waals surface area contributed by atoms with Crippen molar-refractivity contribution in [1.29, 1.82) is 0 Å². The standard InChI is InChI=1S/C8H11Cl3O5/c9-8(10,11)3-4-16-7(15)5(12)1-2-6(13)14/h5,12H,1-4H2,(H,13,14). The average Bonchev–Trinajstić information content (AvgIpc) is 2.11. The highest BCUT2D eigenvalue weighted by molar-refractivity contribution is 6.67. The number of halogens is 3. The Hall–Kier alpha value is -0.230. The van der Waals surface area contributed by atoms with Gasteiger partial charge >= 0.3 is 11.9 Å². The summed E-state index contributed by atoms with van der Waals surface area (Å²) < 4.78 is 3.06. The van der Waals surface area contributed by atoms with Crippen LogP contribution in [-0.4, -0.2) is 38.7 Å². The highest BCUT2D eigenvalue weighted by Gasteiger charge is 2.22. The molecule has 0 spiro atoms. The van der Waals surface area contributed by atoms with E-state index in [-0.39, 0.29) is 25.9 Å². The van der Waals surface area contributed by atoms with Gasteiger partial charge in [0, 0.05) is 12.8 Å². The molecule has 0 heterocycles. The van der Waals surface area contributed by atoms with Gasteiger partial charge in [0.05, 0.1) is 6.61 Å².